The van der Waals surface area contributed by atoms with Crippen molar-refractivity contribution in [3.63, 3.8) is 0 Å². The number of nitrogens with zero attached hydrogens (tertiary/aromatic N) is 2. The third kappa shape index (κ3) is 5.03. The minimum atomic E-state index is -0.946. The largest absolute Gasteiger partial charge is 0.507 e. The molecule has 0 unspecified atom stereocenters. The number of aliphatic hydroxyl groups excluding tert-OH is 1. The maximum absolute atomic E-state index is 13.3. The first-order chi connectivity index (χ1) is 17.8. The van der Waals surface area contributed by atoms with Gasteiger partial charge in [0.15, 0.2) is 5.13 Å². The number of esters is 1. The van der Waals surface area contributed by atoms with E-state index in [1.165, 1.54) is 4.90 Å². The monoisotopic (exact) mass is 518 g/mol. The van der Waals surface area contributed by atoms with Crippen LogP contribution in [0, 0.1) is 13.8 Å². The van der Waals surface area contributed by atoms with Gasteiger partial charge in [-0.1, -0.05) is 53.8 Å². The summed E-state index contributed by atoms with van der Waals surface area (Å²) in [6.45, 7) is 9.39. The first-order valence-electron chi connectivity index (χ1n) is 11.6. The molecule has 2 heterocycles. The van der Waals surface area contributed by atoms with E-state index in [4.69, 9.17) is 9.47 Å². The zero-order chi connectivity index (χ0) is 26.7. The van der Waals surface area contributed by atoms with Crippen molar-refractivity contribution in [1.29, 1.82) is 0 Å². The van der Waals surface area contributed by atoms with Gasteiger partial charge in [0.05, 0.1) is 23.9 Å². The summed E-state index contributed by atoms with van der Waals surface area (Å²) in [5.74, 6) is -1.99. The van der Waals surface area contributed by atoms with Gasteiger partial charge in [-0.05, 0) is 50.6 Å². The van der Waals surface area contributed by atoms with Gasteiger partial charge in [0.25, 0.3) is 5.78 Å². The van der Waals surface area contributed by atoms with Gasteiger partial charge in [-0.15, -0.1) is 0 Å². The number of rotatable bonds is 8. The summed E-state index contributed by atoms with van der Waals surface area (Å²) in [5.41, 5.74) is 2.27. The molecule has 1 saturated heterocycles. The van der Waals surface area contributed by atoms with Crippen molar-refractivity contribution < 1.29 is 29.0 Å². The van der Waals surface area contributed by atoms with Gasteiger partial charge in [0, 0.05) is 5.56 Å². The molecule has 1 aromatic heterocycles. The highest BCUT2D eigenvalue weighted by atomic mass is 32.1. The number of aryl methyl sites for hydroxylation is 2. The number of thiazole rings is 1. The summed E-state index contributed by atoms with van der Waals surface area (Å²) in [7, 11) is 0. The smallest absolute Gasteiger partial charge is 0.350 e. The Bertz CT molecular complexity index is 1390. The predicted molar refractivity (Wildman–Crippen MR) is 141 cm³/mol. The molecule has 9 heteroatoms. The van der Waals surface area contributed by atoms with E-state index < -0.39 is 23.7 Å². The molecule has 190 valence electrons. The summed E-state index contributed by atoms with van der Waals surface area (Å²) in [6, 6.07) is 12.9. The average molecular weight is 519 g/mol. The topological polar surface area (TPSA) is 106 Å². The molecule has 1 aliphatic heterocycles. The molecule has 1 aliphatic rings. The maximum atomic E-state index is 13.3. The van der Waals surface area contributed by atoms with Crippen LogP contribution < -0.4 is 9.64 Å². The van der Waals surface area contributed by atoms with Gasteiger partial charge < -0.3 is 14.6 Å². The Morgan fingerprint density at radius 2 is 1.81 bits per heavy atom. The highest BCUT2D eigenvalue weighted by Crippen LogP contribution is 2.44. The van der Waals surface area contributed by atoms with E-state index in [2.05, 4.69) is 11.6 Å². The minimum Gasteiger partial charge on any atom is -0.507 e. The first kappa shape index (κ1) is 25.8. The SMILES string of the molecule is C=CCOc1ccc(C(O)=C2C(=O)C(=O)N(c3nc(C)c(C(=O)OCC)s3)[C@H]2c2ccc(C)cc2)cc1. The Morgan fingerprint density at radius 1 is 1.14 bits per heavy atom. The van der Waals surface area contributed by atoms with E-state index in [9.17, 15) is 19.5 Å². The Hall–Kier alpha value is -4.24. The number of ether oxygens (including phenoxy) is 2. The number of Topliss-reactive ketones (excluding diaryl/α,β-unsaturated/α-hetero) is 1. The Kier molecular flexibility index (Phi) is 7.54. The Morgan fingerprint density at radius 3 is 2.43 bits per heavy atom. The lowest BCUT2D eigenvalue weighted by molar-refractivity contribution is -0.132. The molecule has 3 aromatic rings. The number of anilines is 1. The number of hydrogen-bond acceptors (Lipinski definition) is 8. The van der Waals surface area contributed by atoms with Crippen LogP contribution in [0.1, 0.15) is 45.0 Å². The number of benzene rings is 2. The van der Waals surface area contributed by atoms with Crippen LogP contribution in [-0.2, 0) is 14.3 Å². The normalized spacial score (nSPS) is 16.6. The molecule has 2 aromatic carbocycles. The number of ketones is 1. The van der Waals surface area contributed by atoms with Crippen molar-refractivity contribution in [2.45, 2.75) is 26.8 Å². The molecular weight excluding hydrogens is 492 g/mol. The summed E-state index contributed by atoms with van der Waals surface area (Å²) in [5, 5.41) is 11.4. The zero-order valence-electron chi connectivity index (χ0n) is 20.7. The van der Waals surface area contributed by atoms with Crippen LogP contribution in [0.4, 0.5) is 5.13 Å². The molecule has 0 bridgehead atoms. The molecule has 0 spiro atoms. The zero-order valence-corrected chi connectivity index (χ0v) is 21.5. The second-order valence-electron chi connectivity index (χ2n) is 8.34. The molecule has 8 nitrogen and oxygen atoms in total. The van der Waals surface area contributed by atoms with E-state index in [-0.39, 0.29) is 27.9 Å². The summed E-state index contributed by atoms with van der Waals surface area (Å²) in [4.78, 5) is 45.0. The van der Waals surface area contributed by atoms with Gasteiger partial charge in [-0.2, -0.15) is 0 Å². The molecular formula is C28H26N2O6S. The number of aliphatic hydroxyl groups is 1. The second-order valence-corrected chi connectivity index (χ2v) is 9.31. The molecule has 4 rings (SSSR count). The predicted octanol–water partition coefficient (Wildman–Crippen LogP) is 5.13. The molecule has 37 heavy (non-hydrogen) atoms. The molecule has 0 radical (unpaired) electrons. The Labute approximate surface area is 218 Å². The van der Waals surface area contributed by atoms with Crippen molar-refractivity contribution >= 4 is 39.9 Å². The maximum Gasteiger partial charge on any atom is 0.350 e. The van der Waals surface area contributed by atoms with E-state index >= 15 is 0 Å². The van der Waals surface area contributed by atoms with Crippen molar-refractivity contribution in [2.75, 3.05) is 18.1 Å². The molecule has 1 fully saturated rings. The number of amides is 1. The second kappa shape index (κ2) is 10.8. The number of carbonyl (C=O) groups excluding carboxylic acids is 3. The van der Waals surface area contributed by atoms with Crippen molar-refractivity contribution in [3.8, 4) is 5.75 Å². The van der Waals surface area contributed by atoms with Crippen LogP contribution in [0.15, 0.2) is 66.8 Å². The molecule has 1 amide bonds. The van der Waals surface area contributed by atoms with E-state index in [0.717, 1.165) is 16.9 Å². The van der Waals surface area contributed by atoms with Crippen LogP contribution in [0.25, 0.3) is 5.76 Å². The lowest BCUT2D eigenvalue weighted by Gasteiger charge is -2.23. The van der Waals surface area contributed by atoms with E-state index in [0.29, 0.717) is 29.2 Å². The number of carbonyl (C=O) groups is 3. The standard InChI is InChI=1S/C28H26N2O6S/c1-5-15-36-20-13-11-19(12-14-20)23(31)21-22(18-9-7-16(3)8-10-18)30(26(33)24(21)32)28-29-17(4)25(37-28)27(34)35-6-2/h5,7-14,22,31H,1,6,15H2,2-4H3/t22-/m0/s1. The van der Waals surface area contributed by atoms with Crippen LogP contribution in [0.2, 0.25) is 0 Å². The van der Waals surface area contributed by atoms with Crippen LogP contribution in [-0.4, -0.2) is 41.0 Å². The van der Waals surface area contributed by atoms with Crippen LogP contribution in [0.3, 0.4) is 0 Å². The number of aromatic nitrogens is 1. The highest BCUT2D eigenvalue weighted by molar-refractivity contribution is 7.17. The van der Waals surface area contributed by atoms with Crippen molar-refractivity contribution in [1.82, 2.24) is 4.98 Å². The quantitative estimate of drug-likeness (QED) is 0.145. The summed E-state index contributed by atoms with van der Waals surface area (Å²) < 4.78 is 10.6. The lowest BCUT2D eigenvalue weighted by Crippen LogP contribution is -2.29. The van der Waals surface area contributed by atoms with Gasteiger partial charge in [-0.3, -0.25) is 14.5 Å². The fourth-order valence-corrected chi connectivity index (χ4v) is 4.97. The van der Waals surface area contributed by atoms with Gasteiger partial charge >= 0.3 is 11.9 Å². The third-order valence-corrected chi connectivity index (χ3v) is 6.92. The van der Waals surface area contributed by atoms with Crippen molar-refractivity contribution in [3.05, 3.63) is 94.0 Å². The Balaban J connectivity index is 1.84. The average Bonchev–Trinajstić information content (AvgIpc) is 3.40. The van der Waals surface area contributed by atoms with Gasteiger partial charge in [0.2, 0.25) is 0 Å². The molecule has 0 aliphatic carbocycles. The van der Waals surface area contributed by atoms with Crippen molar-refractivity contribution in [2.24, 2.45) is 0 Å². The van der Waals surface area contributed by atoms with Gasteiger partial charge in [-0.25, -0.2) is 9.78 Å². The van der Waals surface area contributed by atoms with E-state index in [1.54, 1.807) is 56.3 Å². The molecule has 1 N–H and O–H groups in total. The molecule has 1 atom stereocenters. The first-order valence-corrected chi connectivity index (χ1v) is 12.4. The number of hydrogen-bond donors (Lipinski definition) is 1. The van der Waals surface area contributed by atoms with E-state index in [1.807, 2.05) is 19.1 Å². The fraction of sp³-hybridized carbons (Fsp3) is 0.214. The fourth-order valence-electron chi connectivity index (χ4n) is 3.98. The molecule has 0 saturated carbocycles. The third-order valence-electron chi connectivity index (χ3n) is 5.79. The highest BCUT2D eigenvalue weighted by Gasteiger charge is 2.48. The lowest BCUT2D eigenvalue weighted by atomic mass is 9.95. The minimum absolute atomic E-state index is 0.0702. The summed E-state index contributed by atoms with van der Waals surface area (Å²) >= 11 is 0.970. The summed E-state index contributed by atoms with van der Waals surface area (Å²) in [6.07, 6.45) is 1.62. The van der Waals surface area contributed by atoms with Gasteiger partial charge in [0.1, 0.15) is 23.0 Å². The van der Waals surface area contributed by atoms with Crippen LogP contribution >= 0.6 is 11.3 Å². The van der Waals surface area contributed by atoms with Crippen LogP contribution in [0.5, 0.6) is 5.75 Å².